The van der Waals surface area contributed by atoms with Gasteiger partial charge in [-0.3, -0.25) is 0 Å². The highest BCUT2D eigenvalue weighted by molar-refractivity contribution is 9.10. The maximum atomic E-state index is 12.4. The average Bonchev–Trinajstić information content (AvgIpc) is 2.35. The Morgan fingerprint density at radius 2 is 2.16 bits per heavy atom. The molecule has 1 aromatic rings. The predicted molar refractivity (Wildman–Crippen MR) is 80.2 cm³/mol. The van der Waals surface area contributed by atoms with Crippen molar-refractivity contribution in [1.29, 1.82) is 0 Å². The van der Waals surface area contributed by atoms with Crippen molar-refractivity contribution in [3.05, 3.63) is 28.2 Å². The standard InChI is InChI=1S/C13H17BrN2O2S/c1-4-8-16(5-2)19(17,18)13-7-6-11(10-15-3)9-12(13)14/h1,6-7,9,15H,5,8,10H2,2-3H3. The van der Waals surface area contributed by atoms with Gasteiger partial charge in [0.2, 0.25) is 10.0 Å². The lowest BCUT2D eigenvalue weighted by molar-refractivity contribution is 0.463. The summed E-state index contributed by atoms with van der Waals surface area (Å²) in [5, 5.41) is 3.02. The minimum absolute atomic E-state index is 0.0730. The number of sulfonamides is 1. The Hall–Kier alpha value is -0.870. The minimum atomic E-state index is -3.55. The zero-order chi connectivity index (χ0) is 14.5. The number of benzene rings is 1. The average molecular weight is 345 g/mol. The second kappa shape index (κ2) is 7.06. The molecular formula is C13H17BrN2O2S. The van der Waals surface area contributed by atoms with Crippen LogP contribution in [0.15, 0.2) is 27.6 Å². The Bertz CT molecular complexity index is 579. The van der Waals surface area contributed by atoms with Gasteiger partial charge in [-0.2, -0.15) is 4.31 Å². The number of nitrogens with one attached hydrogen (secondary N) is 1. The van der Waals surface area contributed by atoms with Crippen molar-refractivity contribution < 1.29 is 8.42 Å². The van der Waals surface area contributed by atoms with Gasteiger partial charge in [-0.15, -0.1) is 6.42 Å². The Morgan fingerprint density at radius 3 is 2.63 bits per heavy atom. The third-order valence-electron chi connectivity index (χ3n) is 2.62. The summed E-state index contributed by atoms with van der Waals surface area (Å²) in [5.74, 6) is 2.37. The Labute approximate surface area is 123 Å². The van der Waals surface area contributed by atoms with Crippen LogP contribution in [0.1, 0.15) is 12.5 Å². The molecule has 0 unspecified atom stereocenters. The molecule has 0 aromatic heterocycles. The van der Waals surface area contributed by atoms with E-state index in [1.807, 2.05) is 7.05 Å². The van der Waals surface area contributed by atoms with E-state index >= 15 is 0 Å². The summed E-state index contributed by atoms with van der Waals surface area (Å²) in [6.07, 6.45) is 5.21. The van der Waals surface area contributed by atoms with Crippen LogP contribution in [-0.2, 0) is 16.6 Å². The Kier molecular flexibility index (Phi) is 6.01. The fourth-order valence-electron chi connectivity index (χ4n) is 1.68. The predicted octanol–water partition coefficient (Wildman–Crippen LogP) is 1.81. The van der Waals surface area contributed by atoms with Gasteiger partial charge < -0.3 is 5.32 Å². The molecule has 4 nitrogen and oxygen atoms in total. The largest absolute Gasteiger partial charge is 0.316 e. The number of terminal acetylenes is 1. The Balaban J connectivity index is 3.18. The van der Waals surface area contributed by atoms with E-state index in [2.05, 4.69) is 27.2 Å². The molecule has 0 radical (unpaired) electrons. The molecule has 6 heteroatoms. The lowest BCUT2D eigenvalue weighted by atomic mass is 10.2. The van der Waals surface area contributed by atoms with Gasteiger partial charge in [0.25, 0.3) is 0 Å². The van der Waals surface area contributed by atoms with Gasteiger partial charge in [-0.1, -0.05) is 18.9 Å². The van der Waals surface area contributed by atoms with Crippen molar-refractivity contribution in [1.82, 2.24) is 9.62 Å². The van der Waals surface area contributed by atoms with E-state index in [0.717, 1.165) is 5.56 Å². The zero-order valence-corrected chi connectivity index (χ0v) is 13.4. The molecule has 1 rings (SSSR count). The van der Waals surface area contributed by atoms with E-state index in [9.17, 15) is 8.42 Å². The van der Waals surface area contributed by atoms with Crippen molar-refractivity contribution in [3.8, 4) is 12.3 Å². The van der Waals surface area contributed by atoms with E-state index in [1.54, 1.807) is 25.1 Å². The number of hydrogen-bond acceptors (Lipinski definition) is 3. The van der Waals surface area contributed by atoms with E-state index in [4.69, 9.17) is 6.42 Å². The number of halogens is 1. The molecule has 0 spiro atoms. The first-order chi connectivity index (χ1) is 8.97. The molecule has 0 aliphatic heterocycles. The van der Waals surface area contributed by atoms with Gasteiger partial charge in [0.1, 0.15) is 0 Å². The third kappa shape index (κ3) is 3.80. The normalized spacial score (nSPS) is 11.5. The highest BCUT2D eigenvalue weighted by Crippen LogP contribution is 2.26. The smallest absolute Gasteiger partial charge is 0.245 e. The van der Waals surface area contributed by atoms with Gasteiger partial charge in [0, 0.05) is 17.6 Å². The van der Waals surface area contributed by atoms with Crippen molar-refractivity contribution in [3.63, 3.8) is 0 Å². The monoisotopic (exact) mass is 344 g/mol. The van der Waals surface area contributed by atoms with Crippen molar-refractivity contribution in [2.24, 2.45) is 0 Å². The van der Waals surface area contributed by atoms with Gasteiger partial charge in [0.05, 0.1) is 11.4 Å². The maximum absolute atomic E-state index is 12.4. The first-order valence-electron chi connectivity index (χ1n) is 5.84. The number of nitrogens with zero attached hydrogens (tertiary/aromatic N) is 1. The molecule has 104 valence electrons. The summed E-state index contributed by atoms with van der Waals surface area (Å²) in [7, 11) is -1.71. The molecule has 0 aliphatic carbocycles. The molecule has 0 saturated heterocycles. The molecule has 1 N–H and O–H groups in total. The zero-order valence-electron chi connectivity index (χ0n) is 11.0. The molecule has 0 heterocycles. The van der Waals surface area contributed by atoms with Crippen LogP contribution in [0.5, 0.6) is 0 Å². The van der Waals surface area contributed by atoms with Crippen LogP contribution < -0.4 is 5.32 Å². The van der Waals surface area contributed by atoms with Crippen LogP contribution >= 0.6 is 15.9 Å². The maximum Gasteiger partial charge on any atom is 0.245 e. The van der Waals surface area contributed by atoms with Crippen LogP contribution in [0.2, 0.25) is 0 Å². The number of hydrogen-bond donors (Lipinski definition) is 1. The molecular weight excluding hydrogens is 328 g/mol. The molecule has 0 atom stereocenters. The molecule has 0 aliphatic rings. The molecule has 0 saturated carbocycles. The van der Waals surface area contributed by atoms with Crippen molar-refractivity contribution in [2.45, 2.75) is 18.4 Å². The summed E-state index contributed by atoms with van der Waals surface area (Å²) in [5.41, 5.74) is 1.01. The van der Waals surface area contributed by atoms with Crippen LogP contribution in [0, 0.1) is 12.3 Å². The van der Waals surface area contributed by atoms with E-state index < -0.39 is 10.0 Å². The fourth-order valence-corrected chi connectivity index (χ4v) is 4.12. The fraction of sp³-hybridized carbons (Fsp3) is 0.385. The van der Waals surface area contributed by atoms with Gasteiger partial charge in [0.15, 0.2) is 0 Å². The summed E-state index contributed by atoms with van der Waals surface area (Å²) < 4.78 is 26.7. The lowest BCUT2D eigenvalue weighted by Crippen LogP contribution is -2.31. The second-order valence-electron chi connectivity index (χ2n) is 3.93. The number of rotatable bonds is 6. The van der Waals surface area contributed by atoms with Crippen LogP contribution in [0.4, 0.5) is 0 Å². The first kappa shape index (κ1) is 16.2. The molecule has 0 bridgehead atoms. The van der Waals surface area contributed by atoms with E-state index in [0.29, 0.717) is 17.6 Å². The van der Waals surface area contributed by atoms with Crippen molar-refractivity contribution in [2.75, 3.05) is 20.1 Å². The summed E-state index contributed by atoms with van der Waals surface area (Å²) in [6.45, 7) is 2.86. The first-order valence-corrected chi connectivity index (χ1v) is 8.07. The summed E-state index contributed by atoms with van der Waals surface area (Å²) >= 11 is 3.32. The second-order valence-corrected chi connectivity index (χ2v) is 6.69. The van der Waals surface area contributed by atoms with Gasteiger partial charge >= 0.3 is 0 Å². The quantitative estimate of drug-likeness (QED) is 0.800. The molecule has 19 heavy (non-hydrogen) atoms. The molecule has 0 amide bonds. The Morgan fingerprint density at radius 1 is 1.47 bits per heavy atom. The van der Waals surface area contributed by atoms with Crippen molar-refractivity contribution >= 4 is 26.0 Å². The summed E-state index contributed by atoms with van der Waals surface area (Å²) in [4.78, 5) is 0.240. The van der Waals surface area contributed by atoms with Crippen LogP contribution in [0.25, 0.3) is 0 Å². The van der Waals surface area contributed by atoms with Crippen LogP contribution in [0.3, 0.4) is 0 Å². The minimum Gasteiger partial charge on any atom is -0.316 e. The topological polar surface area (TPSA) is 49.4 Å². The van der Waals surface area contributed by atoms with Gasteiger partial charge in [-0.05, 0) is 40.7 Å². The van der Waals surface area contributed by atoms with E-state index in [-0.39, 0.29) is 11.4 Å². The van der Waals surface area contributed by atoms with Crippen LogP contribution in [-0.4, -0.2) is 32.9 Å². The van der Waals surface area contributed by atoms with Gasteiger partial charge in [-0.25, -0.2) is 8.42 Å². The SMILES string of the molecule is C#CCN(CC)S(=O)(=O)c1ccc(CNC)cc1Br. The third-order valence-corrected chi connectivity index (χ3v) is 5.51. The lowest BCUT2D eigenvalue weighted by Gasteiger charge is -2.19. The van der Waals surface area contributed by atoms with E-state index in [1.165, 1.54) is 4.31 Å². The highest BCUT2D eigenvalue weighted by Gasteiger charge is 2.24. The highest BCUT2D eigenvalue weighted by atomic mass is 79.9. The molecule has 0 fully saturated rings. The summed E-state index contributed by atoms with van der Waals surface area (Å²) in [6, 6.07) is 5.19. The molecule has 1 aromatic carbocycles.